The van der Waals surface area contributed by atoms with Crippen molar-refractivity contribution in [2.24, 2.45) is 5.92 Å². The first kappa shape index (κ1) is 12.0. The van der Waals surface area contributed by atoms with E-state index in [0.717, 1.165) is 18.5 Å². The van der Waals surface area contributed by atoms with Crippen molar-refractivity contribution in [1.82, 2.24) is 4.98 Å². The van der Waals surface area contributed by atoms with Crippen molar-refractivity contribution in [2.75, 3.05) is 0 Å². The summed E-state index contributed by atoms with van der Waals surface area (Å²) in [6.45, 7) is 0. The van der Waals surface area contributed by atoms with Crippen LogP contribution in [0.15, 0.2) is 18.5 Å². The molecule has 1 aromatic heterocycles. The molecule has 0 aliphatic heterocycles. The number of pyridine rings is 1. The van der Waals surface area contributed by atoms with E-state index in [1.54, 1.807) is 0 Å². The van der Waals surface area contributed by atoms with Gasteiger partial charge in [0, 0.05) is 12.4 Å². The number of hydrogen-bond donors (Lipinski definition) is 1. The summed E-state index contributed by atoms with van der Waals surface area (Å²) in [6, 6.07) is 0.743. The second-order valence-corrected chi connectivity index (χ2v) is 4.07. The normalized spacial score (nSPS) is 17.9. The van der Waals surface area contributed by atoms with Gasteiger partial charge in [-0.3, -0.25) is 9.78 Å². The van der Waals surface area contributed by atoms with Crippen molar-refractivity contribution in [3.05, 3.63) is 29.6 Å². The molecule has 1 fully saturated rings. The smallest absolute Gasteiger partial charge is 0.385 e. The summed E-state index contributed by atoms with van der Waals surface area (Å²) in [7, 11) is 0. The summed E-state index contributed by atoms with van der Waals surface area (Å²) < 4.78 is 37.9. The topological polar surface area (TPSA) is 50.2 Å². The number of nitrogens with zero attached hydrogens (tertiary/aromatic N) is 1. The van der Waals surface area contributed by atoms with Crippen LogP contribution in [0.25, 0.3) is 0 Å². The van der Waals surface area contributed by atoms with Crippen molar-refractivity contribution in [3.63, 3.8) is 0 Å². The van der Waals surface area contributed by atoms with Crippen LogP contribution >= 0.6 is 0 Å². The van der Waals surface area contributed by atoms with E-state index < -0.39 is 29.2 Å². The molecule has 0 spiro atoms. The molecule has 1 saturated carbocycles. The van der Waals surface area contributed by atoms with Crippen LogP contribution in [0.1, 0.15) is 28.8 Å². The molecule has 0 amide bonds. The predicted molar refractivity (Wildman–Crippen MR) is 52.3 cm³/mol. The van der Waals surface area contributed by atoms with Gasteiger partial charge in [0.05, 0.1) is 11.1 Å². The van der Waals surface area contributed by atoms with Crippen molar-refractivity contribution < 1.29 is 23.1 Å². The number of hydrogen-bond acceptors (Lipinski definition) is 3. The maximum atomic E-state index is 12.6. The van der Waals surface area contributed by atoms with Crippen LogP contribution in [-0.4, -0.2) is 22.0 Å². The van der Waals surface area contributed by atoms with Crippen LogP contribution in [0.4, 0.5) is 13.2 Å². The highest BCUT2D eigenvalue weighted by Crippen LogP contribution is 2.36. The van der Waals surface area contributed by atoms with Gasteiger partial charge in [-0.25, -0.2) is 0 Å². The van der Waals surface area contributed by atoms with Crippen LogP contribution in [-0.2, 0) is 6.18 Å². The van der Waals surface area contributed by atoms with Crippen LogP contribution < -0.4 is 0 Å². The van der Waals surface area contributed by atoms with Crippen LogP contribution in [0.5, 0.6) is 0 Å². The van der Waals surface area contributed by atoms with Gasteiger partial charge in [-0.05, 0) is 24.8 Å². The fourth-order valence-corrected chi connectivity index (χ4v) is 1.62. The molecular weight excluding hydrogens is 235 g/mol. The summed E-state index contributed by atoms with van der Waals surface area (Å²) in [4.78, 5) is 15.2. The zero-order valence-corrected chi connectivity index (χ0v) is 8.74. The van der Waals surface area contributed by atoms with Gasteiger partial charge in [-0.1, -0.05) is 0 Å². The molecule has 1 aromatic rings. The lowest BCUT2D eigenvalue weighted by molar-refractivity contribution is -0.138. The predicted octanol–water partition coefficient (Wildman–Crippen LogP) is 2.05. The lowest BCUT2D eigenvalue weighted by Crippen LogP contribution is -2.25. The highest BCUT2D eigenvalue weighted by Gasteiger charge is 2.40. The number of carbonyl (C=O) groups excluding carboxylic acids is 1. The molecule has 3 nitrogen and oxygen atoms in total. The summed E-state index contributed by atoms with van der Waals surface area (Å²) in [5, 5.41) is 9.56. The number of alkyl halides is 3. The molecule has 92 valence electrons. The van der Waals surface area contributed by atoms with E-state index in [2.05, 4.69) is 4.98 Å². The van der Waals surface area contributed by atoms with Crippen molar-refractivity contribution in [2.45, 2.75) is 25.1 Å². The van der Waals surface area contributed by atoms with Crippen molar-refractivity contribution >= 4 is 5.78 Å². The van der Waals surface area contributed by atoms with Crippen LogP contribution in [0.2, 0.25) is 0 Å². The zero-order chi connectivity index (χ0) is 12.6. The molecule has 1 atom stereocenters. The maximum Gasteiger partial charge on any atom is 0.417 e. The number of aliphatic hydroxyl groups excluding tert-OH is 1. The number of rotatable bonds is 3. The maximum absolute atomic E-state index is 12.6. The van der Waals surface area contributed by atoms with E-state index in [9.17, 15) is 23.1 Å². The Balaban J connectivity index is 2.34. The van der Waals surface area contributed by atoms with E-state index in [1.807, 2.05) is 0 Å². The Kier molecular flexibility index (Phi) is 2.91. The summed E-state index contributed by atoms with van der Waals surface area (Å²) in [5.74, 6) is -1.10. The minimum absolute atomic E-state index is 0.205. The number of halogens is 3. The van der Waals surface area contributed by atoms with Gasteiger partial charge in [0.2, 0.25) is 0 Å². The van der Waals surface area contributed by atoms with Gasteiger partial charge in [0.1, 0.15) is 6.10 Å². The zero-order valence-electron chi connectivity index (χ0n) is 8.74. The summed E-state index contributed by atoms with van der Waals surface area (Å²) >= 11 is 0. The van der Waals surface area contributed by atoms with Crippen LogP contribution in [0, 0.1) is 5.92 Å². The van der Waals surface area contributed by atoms with E-state index in [-0.39, 0.29) is 5.92 Å². The Morgan fingerprint density at radius 1 is 1.47 bits per heavy atom. The molecule has 1 N–H and O–H groups in total. The molecular formula is C11H10F3NO2. The molecule has 1 unspecified atom stereocenters. The molecule has 0 saturated heterocycles. The van der Waals surface area contributed by atoms with E-state index in [1.165, 1.54) is 0 Å². The van der Waals surface area contributed by atoms with Gasteiger partial charge in [0.15, 0.2) is 5.78 Å². The van der Waals surface area contributed by atoms with E-state index in [4.69, 9.17) is 0 Å². The van der Waals surface area contributed by atoms with E-state index in [0.29, 0.717) is 12.8 Å². The summed E-state index contributed by atoms with van der Waals surface area (Å²) in [5.41, 5.74) is -1.60. The second kappa shape index (κ2) is 4.10. The van der Waals surface area contributed by atoms with Crippen molar-refractivity contribution in [1.29, 1.82) is 0 Å². The fourth-order valence-electron chi connectivity index (χ4n) is 1.62. The van der Waals surface area contributed by atoms with Gasteiger partial charge < -0.3 is 5.11 Å². The molecule has 0 bridgehead atoms. The average Bonchev–Trinajstić information content (AvgIpc) is 3.10. The Morgan fingerprint density at radius 3 is 2.65 bits per heavy atom. The number of carbonyl (C=O) groups is 1. The van der Waals surface area contributed by atoms with Crippen molar-refractivity contribution in [3.8, 4) is 0 Å². The molecule has 6 heteroatoms. The number of ketones is 1. The fraction of sp³-hybridized carbons (Fsp3) is 0.455. The number of Topliss-reactive ketones (excluding diaryl/α,β-unsaturated/α-hetero) is 1. The average molecular weight is 245 g/mol. The van der Waals surface area contributed by atoms with Gasteiger partial charge >= 0.3 is 6.18 Å². The molecule has 17 heavy (non-hydrogen) atoms. The monoisotopic (exact) mass is 245 g/mol. The minimum Gasteiger partial charge on any atom is -0.385 e. The SMILES string of the molecule is O=C(c1cnccc1C(F)(F)F)C(O)C1CC1. The lowest BCUT2D eigenvalue weighted by Gasteiger charge is -2.13. The Morgan fingerprint density at radius 2 is 2.12 bits per heavy atom. The quantitative estimate of drug-likeness (QED) is 0.829. The lowest BCUT2D eigenvalue weighted by atomic mass is 10.00. The second-order valence-electron chi connectivity index (χ2n) is 4.07. The first-order chi connectivity index (χ1) is 7.91. The molecule has 2 rings (SSSR count). The Bertz CT molecular complexity index is 441. The molecule has 1 aliphatic rings. The third-order valence-electron chi connectivity index (χ3n) is 2.73. The molecule has 1 aliphatic carbocycles. The number of aliphatic hydroxyl groups is 1. The van der Waals surface area contributed by atoms with Gasteiger partial charge in [0.25, 0.3) is 0 Å². The summed E-state index contributed by atoms with van der Waals surface area (Å²) in [6.07, 6.45) is -2.78. The Hall–Kier alpha value is -1.43. The highest BCUT2D eigenvalue weighted by molar-refractivity contribution is 6.00. The molecule has 1 heterocycles. The number of aromatic nitrogens is 1. The van der Waals surface area contributed by atoms with Gasteiger partial charge in [-0.2, -0.15) is 13.2 Å². The first-order valence-electron chi connectivity index (χ1n) is 5.14. The first-order valence-corrected chi connectivity index (χ1v) is 5.14. The molecule has 0 radical (unpaired) electrons. The Labute approximate surface area is 95.3 Å². The molecule has 0 aromatic carbocycles. The van der Waals surface area contributed by atoms with E-state index >= 15 is 0 Å². The van der Waals surface area contributed by atoms with Gasteiger partial charge in [-0.15, -0.1) is 0 Å². The minimum atomic E-state index is -4.61. The third-order valence-corrected chi connectivity index (χ3v) is 2.73. The standard InChI is InChI=1S/C11H10F3NO2/c12-11(13,14)8-3-4-15-5-7(8)10(17)9(16)6-1-2-6/h3-6,9,16H,1-2H2. The largest absolute Gasteiger partial charge is 0.417 e. The highest BCUT2D eigenvalue weighted by atomic mass is 19.4. The van der Waals surface area contributed by atoms with Crippen LogP contribution in [0.3, 0.4) is 0 Å². The third kappa shape index (κ3) is 2.46.